The zero-order chi connectivity index (χ0) is 29.1. The lowest BCUT2D eigenvalue weighted by molar-refractivity contribution is -0.384. The summed E-state index contributed by atoms with van der Waals surface area (Å²) in [5, 5.41) is 12.0. The number of non-ortho nitro benzene ring substituents is 1. The molecule has 1 atom stereocenters. The molecule has 2 aromatic carbocycles. The molecule has 0 radical (unpaired) electrons. The van der Waals surface area contributed by atoms with E-state index in [1.807, 2.05) is 0 Å². The summed E-state index contributed by atoms with van der Waals surface area (Å²) in [4.78, 5) is 52.2. The predicted octanol–water partition coefficient (Wildman–Crippen LogP) is 3.66. The first-order valence-corrected chi connectivity index (χ1v) is 14.0. The van der Waals surface area contributed by atoms with Gasteiger partial charge in [-0.1, -0.05) is 23.5 Å². The van der Waals surface area contributed by atoms with Crippen LogP contribution in [0.3, 0.4) is 0 Å². The maximum Gasteiger partial charge on any atom is 0.338 e. The number of allylic oxidation sites excluding steroid dienone is 1. The van der Waals surface area contributed by atoms with Crippen molar-refractivity contribution in [3.8, 4) is 5.75 Å². The van der Waals surface area contributed by atoms with E-state index >= 15 is 0 Å². The van der Waals surface area contributed by atoms with Gasteiger partial charge in [-0.15, -0.1) is 0 Å². The largest absolute Gasteiger partial charge is 0.497 e. The van der Waals surface area contributed by atoms with Crippen LogP contribution in [0.4, 0.5) is 5.69 Å². The third kappa shape index (κ3) is 5.67. The molecule has 2 aromatic heterocycles. The summed E-state index contributed by atoms with van der Waals surface area (Å²) in [7, 11) is 1.55. The summed E-state index contributed by atoms with van der Waals surface area (Å²) in [5.74, 6) is 0.0571. The first kappa shape index (κ1) is 27.9. The average Bonchev–Trinajstić information content (AvgIpc) is 3.27. The summed E-state index contributed by atoms with van der Waals surface area (Å²) in [6, 6.07) is 12.4. The molecular formula is C28H23N5O6S2. The van der Waals surface area contributed by atoms with E-state index in [2.05, 4.69) is 15.0 Å². The van der Waals surface area contributed by atoms with Gasteiger partial charge in [-0.05, 0) is 67.1 Å². The van der Waals surface area contributed by atoms with E-state index < -0.39 is 22.5 Å². The summed E-state index contributed by atoms with van der Waals surface area (Å²) in [5.41, 5.74) is 1.28. The topological polar surface area (TPSA) is 139 Å². The van der Waals surface area contributed by atoms with Gasteiger partial charge in [0.2, 0.25) is 0 Å². The van der Waals surface area contributed by atoms with E-state index in [0.29, 0.717) is 37.4 Å². The van der Waals surface area contributed by atoms with Crippen molar-refractivity contribution < 1.29 is 19.2 Å². The Hall–Kier alpha value is -4.62. The van der Waals surface area contributed by atoms with Gasteiger partial charge in [-0.25, -0.2) is 19.8 Å². The standard InChI is InChI=1S/C28H23N5O6S2/c1-4-39-26(35)23-16(2)31-28-32(24(23)17-6-9-20(38-3)10-7-17)25(34)22(41-28)15-18-14-19(33(36)37)8-11-21(18)40-27-29-12-5-13-30-27/h5-15,24H,4H2,1-3H3/b22-15+. The SMILES string of the molecule is CCOC(=O)C1=C(C)N=c2s/c(=C/c3cc([N+](=O)[O-])ccc3Sc3ncccn3)c(=O)n2C1c1ccc(OC)cc1. The number of esters is 1. The second-order valence-corrected chi connectivity index (χ2v) is 10.7. The van der Waals surface area contributed by atoms with E-state index in [4.69, 9.17) is 9.47 Å². The van der Waals surface area contributed by atoms with E-state index in [-0.39, 0.29) is 22.4 Å². The lowest BCUT2D eigenvalue weighted by atomic mass is 9.96. The van der Waals surface area contributed by atoms with Crippen LogP contribution in [0.2, 0.25) is 0 Å². The van der Waals surface area contributed by atoms with Gasteiger partial charge < -0.3 is 9.47 Å². The van der Waals surface area contributed by atoms with E-state index in [9.17, 15) is 19.7 Å². The number of carbonyl (C=O) groups excluding carboxylic acids is 1. The second kappa shape index (κ2) is 11.9. The van der Waals surface area contributed by atoms with Crippen LogP contribution in [0.5, 0.6) is 5.75 Å². The van der Waals surface area contributed by atoms with E-state index in [1.54, 1.807) is 75.8 Å². The van der Waals surface area contributed by atoms with Crippen molar-refractivity contribution in [2.45, 2.75) is 29.9 Å². The number of hydrogen-bond donors (Lipinski definition) is 0. The van der Waals surface area contributed by atoms with Crippen LogP contribution in [0, 0.1) is 10.1 Å². The lowest BCUT2D eigenvalue weighted by Gasteiger charge is -2.24. The first-order valence-electron chi connectivity index (χ1n) is 12.4. The highest BCUT2D eigenvalue weighted by Crippen LogP contribution is 2.33. The van der Waals surface area contributed by atoms with Crippen LogP contribution in [-0.4, -0.2) is 39.1 Å². The highest BCUT2D eigenvalue weighted by molar-refractivity contribution is 7.99. The number of carbonyl (C=O) groups is 1. The molecule has 0 spiro atoms. The van der Waals surface area contributed by atoms with E-state index in [0.717, 1.165) is 11.3 Å². The third-order valence-electron chi connectivity index (χ3n) is 6.18. The van der Waals surface area contributed by atoms with Crippen LogP contribution in [0.15, 0.2) is 92.0 Å². The Morgan fingerprint density at radius 3 is 2.59 bits per heavy atom. The molecule has 0 saturated carbocycles. The van der Waals surface area contributed by atoms with Crippen molar-refractivity contribution in [2.24, 2.45) is 4.99 Å². The van der Waals surface area contributed by atoms with E-state index in [1.165, 1.54) is 28.5 Å². The second-order valence-electron chi connectivity index (χ2n) is 8.69. The highest BCUT2D eigenvalue weighted by Gasteiger charge is 2.33. The molecule has 13 heteroatoms. The van der Waals surface area contributed by atoms with Gasteiger partial charge in [-0.3, -0.25) is 19.5 Å². The Morgan fingerprint density at radius 2 is 1.93 bits per heavy atom. The number of aromatic nitrogens is 3. The molecule has 1 aliphatic rings. The number of ether oxygens (including phenoxy) is 2. The molecule has 0 aliphatic carbocycles. The summed E-state index contributed by atoms with van der Waals surface area (Å²) in [6.07, 6.45) is 4.79. The molecule has 0 saturated heterocycles. The van der Waals surface area contributed by atoms with Crippen molar-refractivity contribution in [2.75, 3.05) is 13.7 Å². The first-order chi connectivity index (χ1) is 19.8. The van der Waals surface area contributed by atoms with Gasteiger partial charge in [-0.2, -0.15) is 0 Å². The summed E-state index contributed by atoms with van der Waals surface area (Å²) < 4.78 is 12.4. The van der Waals surface area contributed by atoms with Crippen LogP contribution in [-0.2, 0) is 9.53 Å². The van der Waals surface area contributed by atoms with Crippen molar-refractivity contribution in [3.63, 3.8) is 0 Å². The number of fused-ring (bicyclic) bond motifs is 1. The van der Waals surface area contributed by atoms with Crippen molar-refractivity contribution >= 4 is 40.8 Å². The van der Waals surface area contributed by atoms with Gasteiger partial charge >= 0.3 is 5.97 Å². The molecule has 41 heavy (non-hydrogen) atoms. The maximum absolute atomic E-state index is 14.0. The third-order valence-corrected chi connectivity index (χ3v) is 8.15. The number of thiazole rings is 1. The number of nitrogens with zero attached hydrogens (tertiary/aromatic N) is 5. The van der Waals surface area contributed by atoms with Gasteiger partial charge in [0.05, 0.1) is 40.5 Å². The minimum atomic E-state index is -0.796. The molecule has 1 aliphatic heterocycles. The molecule has 1 unspecified atom stereocenters. The van der Waals surface area contributed by atoms with Crippen LogP contribution in [0.25, 0.3) is 6.08 Å². The molecule has 0 bridgehead atoms. The minimum absolute atomic E-state index is 0.126. The fourth-order valence-corrected chi connectivity index (χ4v) is 6.16. The normalized spacial score (nSPS) is 14.8. The molecule has 0 amide bonds. The lowest BCUT2D eigenvalue weighted by Crippen LogP contribution is -2.39. The Balaban J connectivity index is 1.70. The number of hydrogen-bond acceptors (Lipinski definition) is 11. The van der Waals surface area contributed by atoms with Gasteiger partial charge in [0.1, 0.15) is 5.75 Å². The van der Waals surface area contributed by atoms with Crippen molar-refractivity contribution in [1.29, 1.82) is 0 Å². The molecule has 3 heterocycles. The summed E-state index contributed by atoms with van der Waals surface area (Å²) >= 11 is 2.35. The monoisotopic (exact) mass is 589 g/mol. The molecule has 0 N–H and O–H groups in total. The number of nitro groups is 1. The maximum atomic E-state index is 14.0. The molecular weight excluding hydrogens is 566 g/mol. The van der Waals surface area contributed by atoms with Crippen LogP contribution in [0.1, 0.15) is 31.0 Å². The summed E-state index contributed by atoms with van der Waals surface area (Å²) in [6.45, 7) is 3.57. The van der Waals surface area contributed by atoms with Crippen LogP contribution < -0.4 is 19.6 Å². The van der Waals surface area contributed by atoms with Crippen molar-refractivity contribution in [3.05, 3.63) is 113 Å². The number of nitro benzene ring substituents is 1. The molecule has 4 aromatic rings. The number of methoxy groups -OCH3 is 1. The zero-order valence-electron chi connectivity index (χ0n) is 22.1. The fraction of sp³-hybridized carbons (Fsp3) is 0.179. The predicted molar refractivity (Wildman–Crippen MR) is 153 cm³/mol. The zero-order valence-corrected chi connectivity index (χ0v) is 23.8. The molecule has 11 nitrogen and oxygen atoms in total. The Kier molecular flexibility index (Phi) is 8.08. The fourth-order valence-electron chi connectivity index (χ4n) is 4.33. The Labute approximate surface area is 241 Å². The molecule has 208 valence electrons. The minimum Gasteiger partial charge on any atom is -0.497 e. The van der Waals surface area contributed by atoms with Crippen LogP contribution >= 0.6 is 23.1 Å². The van der Waals surface area contributed by atoms with Crippen molar-refractivity contribution in [1.82, 2.24) is 14.5 Å². The molecule has 5 rings (SSSR count). The Morgan fingerprint density at radius 1 is 1.20 bits per heavy atom. The Bertz CT molecular complexity index is 1850. The van der Waals surface area contributed by atoms with Gasteiger partial charge in [0.15, 0.2) is 9.96 Å². The number of rotatable bonds is 8. The highest BCUT2D eigenvalue weighted by atomic mass is 32.2. The molecule has 0 fully saturated rings. The smallest absolute Gasteiger partial charge is 0.338 e. The van der Waals surface area contributed by atoms with Gasteiger partial charge in [0, 0.05) is 29.4 Å². The number of benzene rings is 2. The quantitative estimate of drug-likeness (QED) is 0.130. The van der Waals surface area contributed by atoms with Gasteiger partial charge in [0.25, 0.3) is 11.2 Å². The average molecular weight is 590 g/mol.